The minimum atomic E-state index is -0.533. The predicted octanol–water partition coefficient (Wildman–Crippen LogP) is 0.0302. The first kappa shape index (κ1) is 8.88. The number of hydrogen-bond acceptors (Lipinski definition) is 3. The summed E-state index contributed by atoms with van der Waals surface area (Å²) in [5.74, 6) is 0. The Hall–Kier alpha value is -0.120. The summed E-state index contributed by atoms with van der Waals surface area (Å²) >= 11 is 0. The molecule has 56 valence electrons. The van der Waals surface area contributed by atoms with E-state index in [9.17, 15) is 0 Å². The minimum Gasteiger partial charge on any atom is -0.393 e. The summed E-state index contributed by atoms with van der Waals surface area (Å²) in [6, 6.07) is 0. The van der Waals surface area contributed by atoms with Crippen LogP contribution in [0.2, 0.25) is 0 Å². The molecule has 0 saturated carbocycles. The third-order valence-electron chi connectivity index (χ3n) is 1.28. The van der Waals surface area contributed by atoms with Gasteiger partial charge in [-0.2, -0.15) is 0 Å². The van der Waals surface area contributed by atoms with Crippen LogP contribution in [0.3, 0.4) is 0 Å². The molecule has 1 atom stereocenters. The van der Waals surface area contributed by atoms with Crippen LogP contribution in [-0.2, 0) is 9.47 Å². The van der Waals surface area contributed by atoms with Gasteiger partial charge in [0.1, 0.15) is 5.60 Å². The highest BCUT2D eigenvalue weighted by molar-refractivity contribution is 4.71. The predicted molar refractivity (Wildman–Crippen MR) is 34.4 cm³/mol. The summed E-state index contributed by atoms with van der Waals surface area (Å²) in [6.07, 6.45) is 0. The topological polar surface area (TPSA) is 38.7 Å². The van der Waals surface area contributed by atoms with Crippen LogP contribution in [0.4, 0.5) is 0 Å². The molecule has 0 fully saturated rings. The maximum Gasteiger partial charge on any atom is 0.111 e. The molecule has 1 N–H and O–H groups in total. The van der Waals surface area contributed by atoms with Crippen molar-refractivity contribution in [2.45, 2.75) is 12.5 Å². The van der Waals surface area contributed by atoms with Gasteiger partial charge in [-0.05, 0) is 6.92 Å². The molecule has 0 spiro atoms. The van der Waals surface area contributed by atoms with E-state index in [0.717, 1.165) is 0 Å². The first-order valence-corrected chi connectivity index (χ1v) is 2.83. The summed E-state index contributed by atoms with van der Waals surface area (Å²) in [6.45, 7) is 2.19. The molecule has 0 aliphatic carbocycles. The average molecular weight is 134 g/mol. The summed E-state index contributed by atoms with van der Waals surface area (Å²) in [7, 11) is 3.13. The Bertz CT molecular complexity index is 68.7. The molecule has 0 aromatic rings. The lowest BCUT2D eigenvalue weighted by molar-refractivity contribution is -0.0815. The van der Waals surface area contributed by atoms with Gasteiger partial charge in [0, 0.05) is 14.2 Å². The van der Waals surface area contributed by atoms with Crippen LogP contribution in [0.25, 0.3) is 0 Å². The largest absolute Gasteiger partial charge is 0.393 e. The van der Waals surface area contributed by atoms with E-state index in [1.54, 1.807) is 21.1 Å². The molecule has 0 rings (SSSR count). The van der Waals surface area contributed by atoms with Crippen LogP contribution >= 0.6 is 0 Å². The second kappa shape index (κ2) is 3.82. The fourth-order valence-electron chi connectivity index (χ4n) is 0.474. The zero-order valence-corrected chi connectivity index (χ0v) is 6.18. The van der Waals surface area contributed by atoms with Crippen molar-refractivity contribution in [2.24, 2.45) is 0 Å². The second-order valence-electron chi connectivity index (χ2n) is 2.25. The lowest BCUT2D eigenvalue weighted by Gasteiger charge is -2.23. The van der Waals surface area contributed by atoms with Crippen LogP contribution in [0.5, 0.6) is 0 Å². The van der Waals surface area contributed by atoms with Crippen molar-refractivity contribution >= 4 is 0 Å². The first-order valence-electron chi connectivity index (χ1n) is 2.83. The van der Waals surface area contributed by atoms with Crippen LogP contribution in [0, 0.1) is 0 Å². The SMILES string of the molecule is COCC(C)(CO)OC. The third-order valence-corrected chi connectivity index (χ3v) is 1.28. The van der Waals surface area contributed by atoms with E-state index < -0.39 is 5.60 Å². The molecule has 1 unspecified atom stereocenters. The van der Waals surface area contributed by atoms with Gasteiger partial charge in [0.15, 0.2) is 0 Å². The molecule has 0 radical (unpaired) electrons. The highest BCUT2D eigenvalue weighted by Gasteiger charge is 2.21. The van der Waals surface area contributed by atoms with Crippen LogP contribution in [0.1, 0.15) is 6.92 Å². The number of ether oxygens (including phenoxy) is 2. The Kier molecular flexibility index (Phi) is 3.77. The van der Waals surface area contributed by atoms with Gasteiger partial charge in [-0.25, -0.2) is 0 Å². The van der Waals surface area contributed by atoms with Crippen LogP contribution < -0.4 is 0 Å². The van der Waals surface area contributed by atoms with Crippen LogP contribution in [-0.4, -0.2) is 38.1 Å². The van der Waals surface area contributed by atoms with Crippen molar-refractivity contribution in [3.05, 3.63) is 0 Å². The van der Waals surface area contributed by atoms with Crippen molar-refractivity contribution in [1.29, 1.82) is 0 Å². The Labute approximate surface area is 55.6 Å². The Morgan fingerprint density at radius 3 is 2.11 bits per heavy atom. The minimum absolute atomic E-state index is 0.0165. The molecule has 0 aromatic carbocycles. The van der Waals surface area contributed by atoms with Crippen molar-refractivity contribution in [3.8, 4) is 0 Å². The van der Waals surface area contributed by atoms with E-state index in [1.165, 1.54) is 0 Å². The smallest absolute Gasteiger partial charge is 0.111 e. The molecule has 3 nitrogen and oxygen atoms in total. The second-order valence-corrected chi connectivity index (χ2v) is 2.25. The summed E-state index contributed by atoms with van der Waals surface area (Å²) < 4.78 is 9.76. The maximum absolute atomic E-state index is 8.71. The van der Waals surface area contributed by atoms with Gasteiger partial charge in [-0.15, -0.1) is 0 Å². The van der Waals surface area contributed by atoms with Crippen molar-refractivity contribution < 1.29 is 14.6 Å². The van der Waals surface area contributed by atoms with Gasteiger partial charge in [-0.1, -0.05) is 0 Å². The third kappa shape index (κ3) is 2.79. The standard InChI is InChI=1S/C6H14O3/c1-6(4-7,9-3)5-8-2/h7H,4-5H2,1-3H3. The molecule has 0 aliphatic rings. The Balaban J connectivity index is 3.62. The molecule has 0 bridgehead atoms. The normalized spacial score (nSPS) is 17.3. The van der Waals surface area contributed by atoms with Gasteiger partial charge in [0.2, 0.25) is 0 Å². The van der Waals surface area contributed by atoms with E-state index in [2.05, 4.69) is 0 Å². The van der Waals surface area contributed by atoms with Gasteiger partial charge in [0.05, 0.1) is 13.2 Å². The van der Waals surface area contributed by atoms with E-state index in [4.69, 9.17) is 14.6 Å². The summed E-state index contributed by atoms with van der Waals surface area (Å²) in [5, 5.41) is 8.71. The van der Waals surface area contributed by atoms with Crippen molar-refractivity contribution in [3.63, 3.8) is 0 Å². The van der Waals surface area contributed by atoms with Crippen molar-refractivity contribution in [1.82, 2.24) is 0 Å². The van der Waals surface area contributed by atoms with Crippen LogP contribution in [0.15, 0.2) is 0 Å². The fraction of sp³-hybridized carbons (Fsp3) is 1.00. The molecule has 0 saturated heterocycles. The first-order chi connectivity index (χ1) is 4.18. The molecule has 9 heavy (non-hydrogen) atoms. The Morgan fingerprint density at radius 1 is 1.44 bits per heavy atom. The maximum atomic E-state index is 8.71. The molecule has 0 aromatic heterocycles. The molecule has 0 heterocycles. The fourth-order valence-corrected chi connectivity index (χ4v) is 0.474. The Morgan fingerprint density at radius 2 is 2.00 bits per heavy atom. The lowest BCUT2D eigenvalue weighted by atomic mass is 10.1. The molecule has 0 amide bonds. The van der Waals surface area contributed by atoms with E-state index in [0.29, 0.717) is 6.61 Å². The summed E-state index contributed by atoms with van der Waals surface area (Å²) in [4.78, 5) is 0. The summed E-state index contributed by atoms with van der Waals surface area (Å²) in [5.41, 5.74) is -0.533. The molecule has 3 heteroatoms. The van der Waals surface area contributed by atoms with Gasteiger partial charge >= 0.3 is 0 Å². The molecule has 0 aliphatic heterocycles. The van der Waals surface area contributed by atoms with Crippen molar-refractivity contribution in [2.75, 3.05) is 27.4 Å². The number of rotatable bonds is 4. The highest BCUT2D eigenvalue weighted by atomic mass is 16.5. The van der Waals surface area contributed by atoms with E-state index >= 15 is 0 Å². The molecular weight excluding hydrogens is 120 g/mol. The van der Waals surface area contributed by atoms with Gasteiger partial charge in [0.25, 0.3) is 0 Å². The zero-order valence-electron chi connectivity index (χ0n) is 6.18. The highest BCUT2D eigenvalue weighted by Crippen LogP contribution is 2.06. The number of aliphatic hydroxyl groups excluding tert-OH is 1. The monoisotopic (exact) mass is 134 g/mol. The van der Waals surface area contributed by atoms with Gasteiger partial charge < -0.3 is 14.6 Å². The van der Waals surface area contributed by atoms with Gasteiger partial charge in [-0.3, -0.25) is 0 Å². The van der Waals surface area contributed by atoms with E-state index in [1.807, 2.05) is 0 Å². The lowest BCUT2D eigenvalue weighted by Crippen LogP contribution is -2.36. The molecular formula is C6H14O3. The average Bonchev–Trinajstić information content (AvgIpc) is 1.89. The number of hydrogen-bond donors (Lipinski definition) is 1. The van der Waals surface area contributed by atoms with E-state index in [-0.39, 0.29) is 6.61 Å². The zero-order chi connectivity index (χ0) is 7.33. The quantitative estimate of drug-likeness (QED) is 0.589. The number of aliphatic hydroxyl groups is 1. The number of methoxy groups -OCH3 is 2.